The van der Waals surface area contributed by atoms with E-state index in [-0.39, 0.29) is 29.8 Å². The van der Waals surface area contributed by atoms with Gasteiger partial charge < -0.3 is 15.1 Å². The number of carbonyl (C=O) groups is 2. The van der Waals surface area contributed by atoms with Gasteiger partial charge >= 0.3 is 0 Å². The highest BCUT2D eigenvalue weighted by atomic mass is 32.2. The van der Waals surface area contributed by atoms with Crippen LogP contribution in [0.25, 0.3) is 0 Å². The Morgan fingerprint density at radius 1 is 0.971 bits per heavy atom. The summed E-state index contributed by atoms with van der Waals surface area (Å²) in [6.07, 6.45) is 3.66. The molecule has 1 fully saturated rings. The average Bonchev–Trinajstić information content (AvgIpc) is 3.49. The molecule has 0 radical (unpaired) electrons. The van der Waals surface area contributed by atoms with Gasteiger partial charge in [-0.25, -0.2) is 13.6 Å². The van der Waals surface area contributed by atoms with Gasteiger partial charge in [-0.3, -0.25) is 14.5 Å². The summed E-state index contributed by atoms with van der Waals surface area (Å²) in [5.74, 6) is 0.479. The Bertz CT molecular complexity index is 1250. The summed E-state index contributed by atoms with van der Waals surface area (Å²) in [6.45, 7) is 1.30. The predicted octanol–water partition coefficient (Wildman–Crippen LogP) is 2.14. The molecule has 9 nitrogen and oxygen atoms in total. The third-order valence-electron chi connectivity index (χ3n) is 5.60. The van der Waals surface area contributed by atoms with E-state index in [1.165, 1.54) is 12.1 Å². The van der Waals surface area contributed by atoms with Crippen molar-refractivity contribution >= 4 is 21.8 Å². The van der Waals surface area contributed by atoms with Crippen LogP contribution >= 0.6 is 0 Å². The van der Waals surface area contributed by atoms with Crippen LogP contribution in [-0.2, 0) is 34.5 Å². The van der Waals surface area contributed by atoms with E-state index in [9.17, 15) is 18.0 Å². The average molecular weight is 497 g/mol. The summed E-state index contributed by atoms with van der Waals surface area (Å²) in [5, 5.41) is 10.9. The molecular formula is C25H28N4O5S. The van der Waals surface area contributed by atoms with Crippen LogP contribution in [0.4, 0.5) is 0 Å². The van der Waals surface area contributed by atoms with E-state index in [0.29, 0.717) is 24.7 Å². The second-order valence-corrected chi connectivity index (χ2v) is 10.2. The molecule has 1 heterocycles. The minimum Gasteiger partial charge on any atom is -0.468 e. The Balaban J connectivity index is 1.35. The number of nitrogens with two attached hydrogens (primary N) is 1. The van der Waals surface area contributed by atoms with Crippen molar-refractivity contribution in [2.24, 2.45) is 5.14 Å². The number of carbonyl (C=O) groups excluding carboxylic acids is 2. The van der Waals surface area contributed by atoms with Gasteiger partial charge in [0.05, 0.1) is 24.2 Å². The van der Waals surface area contributed by atoms with Gasteiger partial charge in [-0.2, -0.15) is 0 Å². The normalized spacial score (nSPS) is 13.5. The molecule has 1 aromatic heterocycles. The van der Waals surface area contributed by atoms with Crippen LogP contribution in [0.15, 0.2) is 76.2 Å². The Hall–Kier alpha value is -3.47. The van der Waals surface area contributed by atoms with Gasteiger partial charge in [-0.05, 0) is 60.4 Å². The number of hydrogen-bond acceptors (Lipinski definition) is 6. The van der Waals surface area contributed by atoms with Gasteiger partial charge in [0, 0.05) is 24.7 Å². The quantitative estimate of drug-likeness (QED) is 0.372. The standard InChI is InChI=1S/C25H28N4O5S/c26-35(32,33)23-11-5-18(6-12-23)14-27-24(30)17-29(16-22-2-1-13-34-22)15-19-3-7-20(8-4-19)25(31)28-21-9-10-21/h1-8,11-13,21H,9-10,14-17H2,(H,27,30)(H,28,31)(H2,26,32,33). The summed E-state index contributed by atoms with van der Waals surface area (Å²) < 4.78 is 28.2. The van der Waals surface area contributed by atoms with Crippen LogP contribution in [0.5, 0.6) is 0 Å². The largest absolute Gasteiger partial charge is 0.468 e. The smallest absolute Gasteiger partial charge is 0.251 e. The second kappa shape index (κ2) is 10.9. The fourth-order valence-electron chi connectivity index (χ4n) is 3.56. The molecule has 0 spiro atoms. The van der Waals surface area contributed by atoms with Crippen molar-refractivity contribution in [3.05, 3.63) is 89.4 Å². The Morgan fingerprint density at radius 3 is 2.26 bits per heavy atom. The Kier molecular flexibility index (Phi) is 7.64. The van der Waals surface area contributed by atoms with E-state index >= 15 is 0 Å². The van der Waals surface area contributed by atoms with Gasteiger partial charge in [0.25, 0.3) is 5.91 Å². The molecule has 10 heteroatoms. The molecule has 1 aliphatic rings. The maximum atomic E-state index is 12.7. The number of amides is 2. The third kappa shape index (κ3) is 7.51. The van der Waals surface area contributed by atoms with Gasteiger partial charge in [-0.15, -0.1) is 0 Å². The second-order valence-electron chi connectivity index (χ2n) is 8.63. The van der Waals surface area contributed by atoms with Crippen LogP contribution in [0.3, 0.4) is 0 Å². The molecule has 4 N–H and O–H groups in total. The third-order valence-corrected chi connectivity index (χ3v) is 6.53. The lowest BCUT2D eigenvalue weighted by molar-refractivity contribution is -0.122. The van der Waals surface area contributed by atoms with Gasteiger partial charge in [0.2, 0.25) is 15.9 Å². The number of rotatable bonds is 11. The highest BCUT2D eigenvalue weighted by Gasteiger charge is 2.23. The van der Waals surface area contributed by atoms with E-state index in [1.54, 1.807) is 36.6 Å². The van der Waals surface area contributed by atoms with Crippen molar-refractivity contribution in [1.82, 2.24) is 15.5 Å². The molecular weight excluding hydrogens is 468 g/mol. The lowest BCUT2D eigenvalue weighted by atomic mass is 10.1. The van der Waals surface area contributed by atoms with E-state index in [1.807, 2.05) is 23.1 Å². The maximum Gasteiger partial charge on any atom is 0.251 e. The predicted molar refractivity (Wildman–Crippen MR) is 129 cm³/mol. The number of benzene rings is 2. The molecule has 0 unspecified atom stereocenters. The number of primary sulfonamides is 1. The van der Waals surface area contributed by atoms with E-state index in [4.69, 9.17) is 9.56 Å². The van der Waals surface area contributed by atoms with Gasteiger partial charge in [0.1, 0.15) is 5.76 Å². The first-order valence-corrected chi connectivity index (χ1v) is 12.8. The zero-order valence-corrected chi connectivity index (χ0v) is 20.0. The molecule has 1 aliphatic carbocycles. The van der Waals surface area contributed by atoms with Crippen molar-refractivity contribution in [3.8, 4) is 0 Å². The van der Waals surface area contributed by atoms with Crippen molar-refractivity contribution in [3.63, 3.8) is 0 Å². The minimum atomic E-state index is -3.76. The monoisotopic (exact) mass is 496 g/mol. The molecule has 4 rings (SSSR count). The first-order valence-electron chi connectivity index (χ1n) is 11.3. The van der Waals surface area contributed by atoms with E-state index in [2.05, 4.69) is 10.6 Å². The maximum absolute atomic E-state index is 12.7. The highest BCUT2D eigenvalue weighted by molar-refractivity contribution is 7.89. The molecule has 184 valence electrons. The number of nitrogens with one attached hydrogen (secondary N) is 2. The summed E-state index contributed by atoms with van der Waals surface area (Å²) in [6, 6.07) is 17.4. The Labute approximate surface area is 204 Å². The topological polar surface area (TPSA) is 135 Å². The van der Waals surface area contributed by atoms with Gasteiger partial charge in [-0.1, -0.05) is 24.3 Å². The fraction of sp³-hybridized carbons (Fsp3) is 0.280. The molecule has 0 atom stereocenters. The molecule has 0 aliphatic heterocycles. The molecule has 1 saturated carbocycles. The molecule has 0 bridgehead atoms. The molecule has 3 aromatic rings. The zero-order chi connectivity index (χ0) is 24.8. The molecule has 2 amide bonds. The number of nitrogens with zero attached hydrogens (tertiary/aromatic N) is 1. The van der Waals surface area contributed by atoms with Crippen LogP contribution in [0.2, 0.25) is 0 Å². The van der Waals surface area contributed by atoms with Crippen LogP contribution in [0, 0.1) is 0 Å². The summed E-state index contributed by atoms with van der Waals surface area (Å²) >= 11 is 0. The molecule has 35 heavy (non-hydrogen) atoms. The van der Waals surface area contributed by atoms with Crippen molar-refractivity contribution in [2.75, 3.05) is 6.54 Å². The van der Waals surface area contributed by atoms with Crippen molar-refractivity contribution < 1.29 is 22.4 Å². The van der Waals surface area contributed by atoms with Crippen molar-refractivity contribution in [2.45, 2.75) is 43.4 Å². The van der Waals surface area contributed by atoms with Crippen LogP contribution in [-0.4, -0.2) is 37.7 Å². The zero-order valence-electron chi connectivity index (χ0n) is 19.1. The lowest BCUT2D eigenvalue weighted by Gasteiger charge is -2.21. The summed E-state index contributed by atoms with van der Waals surface area (Å²) in [7, 11) is -3.76. The number of furan rings is 1. The Morgan fingerprint density at radius 2 is 1.66 bits per heavy atom. The first kappa shape index (κ1) is 24.6. The number of hydrogen-bond donors (Lipinski definition) is 3. The highest BCUT2D eigenvalue weighted by Crippen LogP contribution is 2.19. The van der Waals surface area contributed by atoms with E-state index < -0.39 is 10.0 Å². The van der Waals surface area contributed by atoms with Crippen LogP contribution in [0.1, 0.15) is 40.1 Å². The summed E-state index contributed by atoms with van der Waals surface area (Å²) in [5.41, 5.74) is 2.33. The van der Waals surface area contributed by atoms with Crippen LogP contribution < -0.4 is 15.8 Å². The lowest BCUT2D eigenvalue weighted by Crippen LogP contribution is -2.36. The van der Waals surface area contributed by atoms with Gasteiger partial charge in [0.15, 0.2) is 0 Å². The molecule has 0 saturated heterocycles. The van der Waals surface area contributed by atoms with E-state index in [0.717, 1.165) is 29.7 Å². The SMILES string of the molecule is NS(=O)(=O)c1ccc(CNC(=O)CN(Cc2ccc(C(=O)NC3CC3)cc2)Cc2ccco2)cc1. The number of sulfonamides is 1. The minimum absolute atomic E-state index is 0.0215. The van der Waals surface area contributed by atoms with Crippen molar-refractivity contribution in [1.29, 1.82) is 0 Å². The fourth-order valence-corrected chi connectivity index (χ4v) is 4.08. The molecule has 2 aromatic carbocycles. The summed E-state index contributed by atoms with van der Waals surface area (Å²) in [4.78, 5) is 26.9. The first-order chi connectivity index (χ1) is 16.8.